The highest BCUT2D eigenvalue weighted by atomic mass is 16.5. The highest BCUT2D eigenvalue weighted by Gasteiger charge is 2.25. The van der Waals surface area contributed by atoms with Crippen LogP contribution in [-0.4, -0.2) is 70.8 Å². The molecule has 0 N–H and O–H groups in total. The third-order valence-electron chi connectivity index (χ3n) is 14.2. The zero-order valence-electron chi connectivity index (χ0n) is 43.5. The van der Waals surface area contributed by atoms with Gasteiger partial charge >= 0.3 is 0 Å². The maximum atomic E-state index is 5.59. The predicted octanol–water partition coefficient (Wildman–Crippen LogP) is 14.6. The van der Waals surface area contributed by atoms with Crippen LogP contribution in [0.2, 0.25) is 0 Å². The second-order valence-corrected chi connectivity index (χ2v) is 18.5. The van der Waals surface area contributed by atoms with Crippen molar-refractivity contribution in [3.63, 3.8) is 0 Å². The molecule has 0 aliphatic carbocycles. The number of fused-ring (bicyclic) bond motifs is 12. The zero-order chi connectivity index (χ0) is 53.0. The number of imidazole rings is 3. The summed E-state index contributed by atoms with van der Waals surface area (Å²) in [7, 11) is 10.0. The van der Waals surface area contributed by atoms with Gasteiger partial charge in [0.25, 0.3) is 0 Å². The van der Waals surface area contributed by atoms with Gasteiger partial charge in [-0.2, -0.15) is 0 Å². The van der Waals surface area contributed by atoms with Crippen molar-refractivity contribution >= 4 is 102 Å². The fourth-order valence-corrected chi connectivity index (χ4v) is 10.3. The first-order valence-corrected chi connectivity index (χ1v) is 25.2. The van der Waals surface area contributed by atoms with Gasteiger partial charge in [-0.25, -0.2) is 28.2 Å². The maximum Gasteiger partial charge on any atom is 0.225 e. The first-order chi connectivity index (χ1) is 38.3. The molecule has 0 spiro atoms. The van der Waals surface area contributed by atoms with Crippen LogP contribution < -0.4 is 43.1 Å². The van der Waals surface area contributed by atoms with E-state index in [0.717, 1.165) is 119 Å². The Bertz CT molecular complexity index is 3710. The van der Waals surface area contributed by atoms with E-state index in [9.17, 15) is 0 Å². The minimum Gasteiger partial charge on any atom is -0.497 e. The average molecular weight is 1030 g/mol. The highest BCUT2D eigenvalue weighted by molar-refractivity contribution is 5.96. The lowest BCUT2D eigenvalue weighted by atomic mass is 10.1. The molecule has 15 nitrogen and oxygen atoms in total. The second kappa shape index (κ2) is 19.4. The monoisotopic (exact) mass is 1030 g/mol. The van der Waals surface area contributed by atoms with E-state index >= 15 is 0 Å². The quantitative estimate of drug-likeness (QED) is 0.0973. The summed E-state index contributed by atoms with van der Waals surface area (Å²) in [6, 6.07) is 67.3. The molecule has 0 unspecified atom stereocenters. The summed E-state index contributed by atoms with van der Waals surface area (Å²) in [5, 5.41) is 0. The summed E-state index contributed by atoms with van der Waals surface area (Å²) in [6.07, 6.45) is 0. The second-order valence-electron chi connectivity index (χ2n) is 18.5. The van der Waals surface area contributed by atoms with Crippen LogP contribution in [0.4, 0.5) is 51.2 Å². The number of aromatic nitrogens is 6. The Balaban J connectivity index is 1.09. The van der Waals surface area contributed by atoms with Crippen LogP contribution in [0.15, 0.2) is 200 Å². The highest BCUT2D eigenvalue weighted by Crippen LogP contribution is 2.43. The van der Waals surface area contributed by atoms with Gasteiger partial charge in [-0.15, -0.1) is 0 Å². The molecule has 4 aromatic heterocycles. The Morgan fingerprint density at radius 3 is 0.603 bits per heavy atom. The van der Waals surface area contributed by atoms with E-state index in [1.54, 1.807) is 42.7 Å². The molecule has 13 rings (SSSR count). The van der Waals surface area contributed by atoms with Crippen molar-refractivity contribution < 1.29 is 28.4 Å². The Morgan fingerprint density at radius 1 is 0.244 bits per heavy atom. The van der Waals surface area contributed by atoms with Crippen molar-refractivity contribution in [2.24, 2.45) is 0 Å². The molecule has 15 heteroatoms. The molecule has 0 fully saturated rings. The van der Waals surface area contributed by atoms with Crippen molar-refractivity contribution in [3.05, 3.63) is 200 Å². The fraction of sp³-hybridized carbons (Fsp3) is 0.0952. The van der Waals surface area contributed by atoms with Gasteiger partial charge in [-0.05, 0) is 200 Å². The van der Waals surface area contributed by atoms with Gasteiger partial charge in [-0.1, -0.05) is 0 Å². The van der Waals surface area contributed by atoms with Crippen LogP contribution in [-0.2, 0) is 0 Å². The molecule has 0 aliphatic heterocycles. The van der Waals surface area contributed by atoms with Gasteiger partial charge in [0.1, 0.15) is 34.5 Å². The predicted molar refractivity (Wildman–Crippen MR) is 309 cm³/mol. The summed E-state index contributed by atoms with van der Waals surface area (Å²) in [4.78, 5) is 23.0. The van der Waals surface area contributed by atoms with Crippen LogP contribution in [0, 0.1) is 0 Å². The van der Waals surface area contributed by atoms with Gasteiger partial charge in [0.2, 0.25) is 17.3 Å². The van der Waals surface area contributed by atoms with E-state index in [1.165, 1.54) is 0 Å². The van der Waals surface area contributed by atoms with Gasteiger partial charge in [-0.3, -0.25) is 0 Å². The van der Waals surface area contributed by atoms with Crippen LogP contribution in [0.25, 0.3) is 50.4 Å². The van der Waals surface area contributed by atoms with Gasteiger partial charge in [0.05, 0.1) is 75.8 Å². The van der Waals surface area contributed by atoms with E-state index in [1.807, 2.05) is 72.8 Å². The lowest BCUT2D eigenvalue weighted by molar-refractivity contribution is 0.414. The minimum atomic E-state index is 0.638. The van der Waals surface area contributed by atoms with Crippen molar-refractivity contribution in [1.29, 1.82) is 0 Å². The molecular weight excluding hydrogens is 979 g/mol. The smallest absolute Gasteiger partial charge is 0.225 e. The van der Waals surface area contributed by atoms with Crippen LogP contribution in [0.5, 0.6) is 34.5 Å². The number of ether oxygens (including phenoxy) is 6. The van der Waals surface area contributed by atoms with Gasteiger partial charge in [0.15, 0.2) is 0 Å². The molecule has 0 saturated heterocycles. The lowest BCUT2D eigenvalue weighted by Crippen LogP contribution is -2.10. The number of hydrogen-bond acceptors (Lipinski definition) is 12. The molecule has 0 radical (unpaired) electrons. The minimum absolute atomic E-state index is 0.638. The van der Waals surface area contributed by atoms with E-state index in [-0.39, 0.29) is 0 Å². The average Bonchev–Trinajstić information content (AvgIpc) is 4.28. The van der Waals surface area contributed by atoms with E-state index in [0.29, 0.717) is 17.3 Å². The summed E-state index contributed by atoms with van der Waals surface area (Å²) in [6.45, 7) is 0. The molecule has 4 heterocycles. The molecule has 0 aliphatic rings. The third kappa shape index (κ3) is 8.03. The summed E-state index contributed by atoms with van der Waals surface area (Å²) >= 11 is 0. The van der Waals surface area contributed by atoms with E-state index in [4.69, 9.17) is 43.4 Å². The maximum absolute atomic E-state index is 5.59. The number of benzene rings is 9. The van der Waals surface area contributed by atoms with E-state index in [2.05, 4.69) is 155 Å². The Labute approximate surface area is 448 Å². The molecule has 13 aromatic rings. The Hall–Kier alpha value is -10.4. The first kappa shape index (κ1) is 47.3. The molecular formula is C63H51N9O6. The van der Waals surface area contributed by atoms with Crippen LogP contribution in [0.1, 0.15) is 0 Å². The van der Waals surface area contributed by atoms with Crippen molar-refractivity contribution in [2.75, 3.05) is 57.4 Å². The summed E-state index contributed by atoms with van der Waals surface area (Å²) in [5.41, 5.74) is 13.1. The van der Waals surface area contributed by atoms with Gasteiger partial charge in [0, 0.05) is 51.2 Å². The number of nitrogens with zero attached hydrogens (tertiary/aromatic N) is 9. The number of rotatable bonds is 15. The topological polar surface area (TPSA) is 117 Å². The number of methoxy groups -OCH3 is 6. The van der Waals surface area contributed by atoms with Crippen molar-refractivity contribution in [2.45, 2.75) is 0 Å². The molecule has 78 heavy (non-hydrogen) atoms. The zero-order valence-corrected chi connectivity index (χ0v) is 43.5. The molecule has 9 aromatic carbocycles. The number of anilines is 9. The van der Waals surface area contributed by atoms with Crippen LogP contribution >= 0.6 is 0 Å². The molecule has 0 atom stereocenters. The van der Waals surface area contributed by atoms with Crippen molar-refractivity contribution in [3.8, 4) is 34.5 Å². The first-order valence-electron chi connectivity index (χ1n) is 25.2. The fourth-order valence-electron chi connectivity index (χ4n) is 10.3. The van der Waals surface area contributed by atoms with E-state index < -0.39 is 0 Å². The Kier molecular flexibility index (Phi) is 11.8. The molecule has 0 amide bonds. The lowest BCUT2D eigenvalue weighted by Gasteiger charge is -2.26. The summed E-state index contributed by atoms with van der Waals surface area (Å²) in [5.74, 6) is 6.47. The SMILES string of the molecule is COc1ccc(N(c2ccc(OC)cc2)c2ccc3nc4n(c3c2)c2nc3ccc(N(c5ccc(OC)cc5)c5ccc(OC)cc5)cc3n2c2nc3ccc(N(c5ccc(OC)cc5)c5ccc(OC)cc5)cc3n42)cc1. The molecule has 384 valence electrons. The largest absolute Gasteiger partial charge is 0.497 e. The molecule has 0 saturated carbocycles. The number of hydrogen-bond donors (Lipinski definition) is 0. The van der Waals surface area contributed by atoms with Crippen LogP contribution in [0.3, 0.4) is 0 Å². The summed E-state index contributed by atoms with van der Waals surface area (Å²) < 4.78 is 40.0. The third-order valence-corrected chi connectivity index (χ3v) is 14.2. The Morgan fingerprint density at radius 2 is 0.423 bits per heavy atom. The normalized spacial score (nSPS) is 11.5. The van der Waals surface area contributed by atoms with Gasteiger partial charge < -0.3 is 43.1 Å². The molecule has 0 bridgehead atoms. The standard InChI is InChI=1S/C63H51N9O6/c1-73-49-22-7-40(8-23-49)67(41-9-24-50(74-2)25-10-41)46-19-34-55-58(37-46)70-61(64-55)71-60-39-48(69(44-15-30-53(77-5)31-16-44)45-17-32-54(78-6)33-18-45)21-36-57(60)66-63(71)72-59-38-47(20-35-56(59)65-62(70)72)68(42-11-26-51(75-3)27-12-42)43-13-28-52(76-4)29-14-43/h7-39H,1-6H3. The van der Waals surface area contributed by atoms with Crippen molar-refractivity contribution in [1.82, 2.24) is 28.2 Å².